The van der Waals surface area contributed by atoms with Crippen molar-refractivity contribution < 1.29 is 18.0 Å². The number of benzene rings is 1. The summed E-state index contributed by atoms with van der Waals surface area (Å²) >= 11 is 0. The summed E-state index contributed by atoms with van der Waals surface area (Å²) in [6.45, 7) is 7.44. The van der Waals surface area contributed by atoms with Crippen molar-refractivity contribution >= 4 is 17.4 Å². The van der Waals surface area contributed by atoms with Crippen molar-refractivity contribution in [3.8, 4) is 0 Å². The highest BCUT2D eigenvalue weighted by Gasteiger charge is 2.30. The van der Waals surface area contributed by atoms with Gasteiger partial charge in [0, 0.05) is 39.1 Å². The number of hydrogen-bond acceptors (Lipinski definition) is 4. The maximum Gasteiger partial charge on any atom is 0.416 e. The molecule has 1 saturated heterocycles. The fourth-order valence-corrected chi connectivity index (χ4v) is 3.47. The van der Waals surface area contributed by atoms with Crippen LogP contribution in [0.25, 0.3) is 0 Å². The van der Waals surface area contributed by atoms with Gasteiger partial charge in [-0.05, 0) is 29.7 Å². The lowest BCUT2D eigenvalue weighted by Gasteiger charge is -2.35. The van der Waals surface area contributed by atoms with Gasteiger partial charge in [0.1, 0.15) is 5.82 Å². The second-order valence-corrected chi connectivity index (χ2v) is 8.01. The first kappa shape index (κ1) is 22.1. The van der Waals surface area contributed by atoms with Gasteiger partial charge in [0.15, 0.2) is 0 Å². The number of carbonyl (C=O) groups is 1. The third-order valence-corrected chi connectivity index (χ3v) is 4.98. The average molecular weight is 420 g/mol. The maximum atomic E-state index is 12.9. The van der Waals surface area contributed by atoms with Crippen LogP contribution in [0.2, 0.25) is 0 Å². The Morgan fingerprint density at radius 3 is 2.47 bits per heavy atom. The zero-order chi connectivity index (χ0) is 21.7. The van der Waals surface area contributed by atoms with Crippen LogP contribution in [0, 0.1) is 5.92 Å². The van der Waals surface area contributed by atoms with Crippen molar-refractivity contribution in [1.29, 1.82) is 0 Å². The predicted molar refractivity (Wildman–Crippen MR) is 111 cm³/mol. The van der Waals surface area contributed by atoms with E-state index in [1.165, 1.54) is 12.1 Å². The molecule has 0 unspecified atom stereocenters. The van der Waals surface area contributed by atoms with E-state index in [0.29, 0.717) is 30.1 Å². The molecule has 0 saturated carbocycles. The SMILES string of the molecule is CC(C)CC(=O)Nc1ccc(N2CCN(Cc3cccc(C(F)(F)F)c3)CC2)nc1. The highest BCUT2D eigenvalue weighted by molar-refractivity contribution is 5.90. The molecule has 5 nitrogen and oxygen atoms in total. The average Bonchev–Trinajstić information content (AvgIpc) is 2.68. The summed E-state index contributed by atoms with van der Waals surface area (Å²) in [7, 11) is 0. The second-order valence-electron chi connectivity index (χ2n) is 8.01. The van der Waals surface area contributed by atoms with Crippen molar-refractivity contribution in [2.24, 2.45) is 5.92 Å². The minimum Gasteiger partial charge on any atom is -0.354 e. The van der Waals surface area contributed by atoms with Gasteiger partial charge in [0.25, 0.3) is 0 Å². The van der Waals surface area contributed by atoms with Gasteiger partial charge in [-0.15, -0.1) is 0 Å². The van der Waals surface area contributed by atoms with E-state index in [4.69, 9.17) is 0 Å². The summed E-state index contributed by atoms with van der Waals surface area (Å²) in [5, 5.41) is 2.84. The van der Waals surface area contributed by atoms with Crippen molar-refractivity contribution in [3.63, 3.8) is 0 Å². The lowest BCUT2D eigenvalue weighted by molar-refractivity contribution is -0.137. The number of alkyl halides is 3. The van der Waals surface area contributed by atoms with Crippen LogP contribution in [0.3, 0.4) is 0 Å². The number of pyridine rings is 1. The molecule has 1 aromatic heterocycles. The number of hydrogen-bond donors (Lipinski definition) is 1. The molecule has 0 bridgehead atoms. The van der Waals surface area contributed by atoms with Crippen LogP contribution >= 0.6 is 0 Å². The number of piperazine rings is 1. The smallest absolute Gasteiger partial charge is 0.354 e. The Morgan fingerprint density at radius 1 is 1.13 bits per heavy atom. The highest BCUT2D eigenvalue weighted by Crippen LogP contribution is 2.30. The molecule has 2 heterocycles. The minimum absolute atomic E-state index is 0.0252. The van der Waals surface area contributed by atoms with E-state index in [0.717, 1.165) is 38.1 Å². The molecule has 0 aliphatic carbocycles. The van der Waals surface area contributed by atoms with Gasteiger partial charge in [0.05, 0.1) is 17.4 Å². The van der Waals surface area contributed by atoms with Crippen molar-refractivity contribution in [1.82, 2.24) is 9.88 Å². The first-order chi connectivity index (χ1) is 14.2. The highest BCUT2D eigenvalue weighted by atomic mass is 19.4. The number of rotatable bonds is 6. The summed E-state index contributed by atoms with van der Waals surface area (Å²) < 4.78 is 38.7. The van der Waals surface area contributed by atoms with Crippen molar-refractivity contribution in [2.75, 3.05) is 36.4 Å². The number of nitrogens with zero attached hydrogens (tertiary/aromatic N) is 3. The van der Waals surface area contributed by atoms with Gasteiger partial charge < -0.3 is 10.2 Å². The molecule has 8 heteroatoms. The van der Waals surface area contributed by atoms with Gasteiger partial charge in [-0.3, -0.25) is 9.69 Å². The molecule has 162 valence electrons. The Balaban J connectivity index is 1.51. The molecule has 0 atom stereocenters. The first-order valence-electron chi connectivity index (χ1n) is 10.1. The fraction of sp³-hybridized carbons (Fsp3) is 0.455. The summed E-state index contributed by atoms with van der Waals surface area (Å²) in [5.74, 6) is 1.10. The molecule has 30 heavy (non-hydrogen) atoms. The third-order valence-electron chi connectivity index (χ3n) is 4.98. The lowest BCUT2D eigenvalue weighted by atomic mass is 10.1. The number of nitrogens with one attached hydrogen (secondary N) is 1. The maximum absolute atomic E-state index is 12.9. The zero-order valence-electron chi connectivity index (χ0n) is 17.2. The Hall–Kier alpha value is -2.61. The molecular weight excluding hydrogens is 393 g/mol. The standard InChI is InChI=1S/C22H27F3N4O/c1-16(2)12-21(30)27-19-6-7-20(26-14-19)29-10-8-28(9-11-29)15-17-4-3-5-18(13-17)22(23,24)25/h3-7,13-14,16H,8-12,15H2,1-2H3,(H,27,30). The molecule has 1 aromatic carbocycles. The van der Waals surface area contributed by atoms with Gasteiger partial charge in [-0.1, -0.05) is 32.0 Å². The van der Waals surface area contributed by atoms with E-state index in [1.807, 2.05) is 26.0 Å². The molecule has 1 amide bonds. The molecule has 1 fully saturated rings. The number of amides is 1. The van der Waals surface area contributed by atoms with E-state index in [1.54, 1.807) is 12.3 Å². The van der Waals surface area contributed by atoms with Gasteiger partial charge in [-0.25, -0.2) is 4.98 Å². The van der Waals surface area contributed by atoms with Crippen LogP contribution in [-0.4, -0.2) is 42.0 Å². The number of aromatic nitrogens is 1. The normalized spacial score (nSPS) is 15.5. The van der Waals surface area contributed by atoms with Gasteiger partial charge in [0.2, 0.25) is 5.91 Å². The van der Waals surface area contributed by atoms with Crippen LogP contribution in [0.1, 0.15) is 31.4 Å². The van der Waals surface area contributed by atoms with Crippen molar-refractivity contribution in [3.05, 3.63) is 53.7 Å². The van der Waals surface area contributed by atoms with Gasteiger partial charge >= 0.3 is 6.18 Å². The monoisotopic (exact) mass is 420 g/mol. The minimum atomic E-state index is -4.32. The Bertz CT molecular complexity index is 844. The molecule has 3 rings (SSSR count). The van der Waals surface area contributed by atoms with Crippen LogP contribution < -0.4 is 10.2 Å². The quantitative estimate of drug-likeness (QED) is 0.752. The number of anilines is 2. The van der Waals surface area contributed by atoms with Crippen LogP contribution in [0.4, 0.5) is 24.7 Å². The molecule has 0 spiro atoms. The molecule has 0 radical (unpaired) electrons. The first-order valence-corrected chi connectivity index (χ1v) is 10.1. The Morgan fingerprint density at radius 2 is 1.87 bits per heavy atom. The third kappa shape index (κ3) is 6.19. The zero-order valence-corrected chi connectivity index (χ0v) is 17.2. The van der Waals surface area contributed by atoms with E-state index >= 15 is 0 Å². The summed E-state index contributed by atoms with van der Waals surface area (Å²) in [6, 6.07) is 9.24. The summed E-state index contributed by atoms with van der Waals surface area (Å²) in [5.41, 5.74) is 0.730. The second kappa shape index (κ2) is 9.47. The van der Waals surface area contributed by atoms with E-state index in [-0.39, 0.29) is 5.91 Å². The molecular formula is C22H27F3N4O. The van der Waals surface area contributed by atoms with Crippen LogP contribution in [0.15, 0.2) is 42.6 Å². The molecule has 2 aromatic rings. The summed E-state index contributed by atoms with van der Waals surface area (Å²) in [4.78, 5) is 20.6. The predicted octanol–water partition coefficient (Wildman–Crippen LogP) is 4.41. The largest absolute Gasteiger partial charge is 0.416 e. The van der Waals surface area contributed by atoms with E-state index < -0.39 is 11.7 Å². The lowest BCUT2D eigenvalue weighted by Crippen LogP contribution is -2.46. The van der Waals surface area contributed by atoms with E-state index in [9.17, 15) is 18.0 Å². The molecule has 1 aliphatic heterocycles. The summed E-state index contributed by atoms with van der Waals surface area (Å²) in [6.07, 6.45) is -2.20. The number of carbonyl (C=O) groups excluding carboxylic acids is 1. The molecule has 1 aliphatic rings. The van der Waals surface area contributed by atoms with Crippen molar-refractivity contribution in [2.45, 2.75) is 33.0 Å². The molecule has 1 N–H and O–H groups in total. The van der Waals surface area contributed by atoms with Crippen LogP contribution in [0.5, 0.6) is 0 Å². The number of halogens is 3. The van der Waals surface area contributed by atoms with Gasteiger partial charge in [-0.2, -0.15) is 13.2 Å². The topological polar surface area (TPSA) is 48.5 Å². The van der Waals surface area contributed by atoms with E-state index in [2.05, 4.69) is 20.1 Å². The Kier molecular flexibility index (Phi) is 6.97. The van der Waals surface area contributed by atoms with Crippen LogP contribution in [-0.2, 0) is 17.5 Å². The Labute approximate surface area is 174 Å². The fourth-order valence-electron chi connectivity index (χ4n) is 3.47.